The largest absolute Gasteiger partial charge is 0.495 e. The van der Waals surface area contributed by atoms with Crippen LogP contribution in [0.15, 0.2) is 35.2 Å². The summed E-state index contributed by atoms with van der Waals surface area (Å²) >= 11 is 0. The van der Waals surface area contributed by atoms with Crippen molar-refractivity contribution in [3.63, 3.8) is 0 Å². The van der Waals surface area contributed by atoms with Gasteiger partial charge in [0.2, 0.25) is 0 Å². The molecule has 2 aromatic rings. The molecule has 0 aromatic heterocycles. The molecule has 0 bridgehead atoms. The molecule has 0 aliphatic rings. The monoisotopic (exact) mass is 434 g/mol. The van der Waals surface area contributed by atoms with E-state index in [4.69, 9.17) is 4.74 Å². The van der Waals surface area contributed by atoms with Crippen LogP contribution in [0.1, 0.15) is 89.5 Å². The molecule has 5 heteroatoms. The van der Waals surface area contributed by atoms with Gasteiger partial charge in [0.05, 0.1) is 7.11 Å². The molecule has 0 radical (unpaired) electrons. The quantitative estimate of drug-likeness (QED) is 0.235. The zero-order valence-electron chi connectivity index (χ0n) is 18.7. The number of rotatable bonds is 15. The molecule has 2 aromatic carbocycles. The lowest BCUT2D eigenvalue weighted by molar-refractivity contribution is 0.402. The standard InChI is InChI=1S/C25H38O4S/c1-3-4-5-6-7-8-9-10-11-12-13-14-16-21-17-15-18-23-22(21)19-20-24(25(23)29-2)30(26,27)28/h15,17-20H,3-14,16H2,1-2H3,(H,26,27,28). The molecule has 0 saturated heterocycles. The van der Waals surface area contributed by atoms with Crippen molar-refractivity contribution in [2.45, 2.75) is 95.3 Å². The Morgan fingerprint density at radius 3 is 1.87 bits per heavy atom. The number of methoxy groups -OCH3 is 1. The molecular weight excluding hydrogens is 396 g/mol. The summed E-state index contributed by atoms with van der Waals surface area (Å²) in [4.78, 5) is -0.181. The Morgan fingerprint density at radius 2 is 1.33 bits per heavy atom. The second kappa shape index (κ2) is 13.0. The van der Waals surface area contributed by atoms with Gasteiger partial charge in [-0.3, -0.25) is 4.55 Å². The minimum Gasteiger partial charge on any atom is -0.495 e. The number of benzene rings is 2. The van der Waals surface area contributed by atoms with Crippen LogP contribution in [0, 0.1) is 0 Å². The van der Waals surface area contributed by atoms with E-state index in [-0.39, 0.29) is 10.6 Å². The van der Waals surface area contributed by atoms with Gasteiger partial charge in [-0.2, -0.15) is 8.42 Å². The predicted molar refractivity (Wildman–Crippen MR) is 125 cm³/mol. The van der Waals surface area contributed by atoms with E-state index < -0.39 is 10.1 Å². The highest BCUT2D eigenvalue weighted by Crippen LogP contribution is 2.34. The lowest BCUT2D eigenvalue weighted by Gasteiger charge is -2.13. The SMILES string of the molecule is CCCCCCCCCCCCCCc1cccc2c(OC)c(S(=O)(=O)O)ccc12. The van der Waals surface area contributed by atoms with Gasteiger partial charge in [-0.1, -0.05) is 102 Å². The number of ether oxygens (including phenoxy) is 1. The molecule has 0 heterocycles. The van der Waals surface area contributed by atoms with E-state index in [9.17, 15) is 13.0 Å². The first-order valence-electron chi connectivity index (χ1n) is 11.5. The van der Waals surface area contributed by atoms with E-state index in [0.717, 1.165) is 23.6 Å². The second-order valence-corrected chi connectivity index (χ2v) is 9.61. The van der Waals surface area contributed by atoms with Crippen LogP contribution in [0.5, 0.6) is 5.75 Å². The third-order valence-electron chi connectivity index (χ3n) is 5.85. The molecule has 0 fully saturated rings. The van der Waals surface area contributed by atoms with Crippen molar-refractivity contribution in [3.05, 3.63) is 35.9 Å². The first kappa shape index (κ1) is 24.7. The van der Waals surface area contributed by atoms with Crippen molar-refractivity contribution in [2.24, 2.45) is 0 Å². The van der Waals surface area contributed by atoms with Crippen LogP contribution < -0.4 is 4.74 Å². The van der Waals surface area contributed by atoms with Gasteiger partial charge in [-0.15, -0.1) is 0 Å². The fraction of sp³-hybridized carbons (Fsp3) is 0.600. The van der Waals surface area contributed by atoms with Crippen LogP contribution in [-0.4, -0.2) is 20.1 Å². The summed E-state index contributed by atoms with van der Waals surface area (Å²) in [5.74, 6) is 0.214. The van der Waals surface area contributed by atoms with Crippen molar-refractivity contribution in [2.75, 3.05) is 7.11 Å². The van der Waals surface area contributed by atoms with E-state index in [1.54, 1.807) is 6.07 Å². The molecule has 4 nitrogen and oxygen atoms in total. The van der Waals surface area contributed by atoms with Gasteiger partial charge in [0, 0.05) is 5.39 Å². The van der Waals surface area contributed by atoms with Gasteiger partial charge < -0.3 is 4.74 Å². The minimum absolute atomic E-state index is 0.181. The Morgan fingerprint density at radius 1 is 0.767 bits per heavy atom. The Bertz CT molecular complexity index is 874. The maximum Gasteiger partial charge on any atom is 0.298 e. The van der Waals surface area contributed by atoms with E-state index in [2.05, 4.69) is 13.0 Å². The molecule has 1 N–H and O–H groups in total. The van der Waals surface area contributed by atoms with E-state index in [0.29, 0.717) is 0 Å². The first-order chi connectivity index (χ1) is 14.5. The van der Waals surface area contributed by atoms with Crippen molar-refractivity contribution in [1.29, 1.82) is 0 Å². The third-order valence-corrected chi connectivity index (χ3v) is 6.73. The van der Waals surface area contributed by atoms with E-state index in [1.165, 1.54) is 89.4 Å². The molecule has 0 aliphatic heterocycles. The summed E-state index contributed by atoms with van der Waals surface area (Å²) < 4.78 is 38.0. The van der Waals surface area contributed by atoms with Crippen LogP contribution in [0.2, 0.25) is 0 Å². The predicted octanol–water partition coefficient (Wildman–Crippen LogP) is 7.34. The summed E-state index contributed by atoms with van der Waals surface area (Å²) in [6.45, 7) is 2.26. The lowest BCUT2D eigenvalue weighted by atomic mass is 9.98. The third kappa shape index (κ3) is 7.59. The van der Waals surface area contributed by atoms with Crippen LogP contribution in [0.25, 0.3) is 10.8 Å². The highest BCUT2D eigenvalue weighted by molar-refractivity contribution is 7.86. The zero-order valence-corrected chi connectivity index (χ0v) is 19.5. The minimum atomic E-state index is -4.32. The van der Waals surface area contributed by atoms with Gasteiger partial charge in [0.1, 0.15) is 10.6 Å². The highest BCUT2D eigenvalue weighted by Gasteiger charge is 2.19. The molecule has 30 heavy (non-hydrogen) atoms. The summed E-state index contributed by atoms with van der Waals surface area (Å²) in [5, 5.41) is 1.72. The summed E-state index contributed by atoms with van der Waals surface area (Å²) in [5.41, 5.74) is 1.19. The van der Waals surface area contributed by atoms with Gasteiger partial charge in [0.25, 0.3) is 10.1 Å². The van der Waals surface area contributed by atoms with Gasteiger partial charge in [-0.25, -0.2) is 0 Å². The number of unbranched alkanes of at least 4 members (excludes halogenated alkanes) is 11. The second-order valence-electron chi connectivity index (χ2n) is 8.22. The average Bonchev–Trinajstić information content (AvgIpc) is 2.73. The van der Waals surface area contributed by atoms with E-state index in [1.807, 2.05) is 12.1 Å². The fourth-order valence-corrected chi connectivity index (χ4v) is 4.83. The highest BCUT2D eigenvalue weighted by atomic mass is 32.2. The average molecular weight is 435 g/mol. The Hall–Kier alpha value is -1.59. The zero-order chi connectivity index (χ0) is 21.8. The molecular formula is C25H38O4S. The van der Waals surface area contributed by atoms with Gasteiger partial charge in [-0.05, 0) is 29.9 Å². The smallest absolute Gasteiger partial charge is 0.298 e. The molecule has 168 valence electrons. The van der Waals surface area contributed by atoms with Crippen molar-refractivity contribution in [1.82, 2.24) is 0 Å². The summed E-state index contributed by atoms with van der Waals surface area (Å²) in [6, 6.07) is 9.07. The number of fused-ring (bicyclic) bond motifs is 1. The molecule has 0 atom stereocenters. The number of hydrogen-bond acceptors (Lipinski definition) is 3. The van der Waals surface area contributed by atoms with Crippen LogP contribution >= 0.6 is 0 Å². The van der Waals surface area contributed by atoms with Crippen LogP contribution in [0.4, 0.5) is 0 Å². The summed E-state index contributed by atoms with van der Waals surface area (Å²) in [7, 11) is -2.88. The van der Waals surface area contributed by atoms with Crippen LogP contribution in [0.3, 0.4) is 0 Å². The summed E-state index contributed by atoms with van der Waals surface area (Å²) in [6.07, 6.45) is 16.9. The normalized spacial score (nSPS) is 11.8. The number of hydrogen-bond donors (Lipinski definition) is 1. The van der Waals surface area contributed by atoms with Crippen molar-refractivity contribution >= 4 is 20.9 Å². The van der Waals surface area contributed by atoms with Crippen molar-refractivity contribution < 1.29 is 17.7 Å². The topological polar surface area (TPSA) is 63.6 Å². The van der Waals surface area contributed by atoms with Crippen LogP contribution in [-0.2, 0) is 16.5 Å². The number of aryl methyl sites for hydroxylation is 1. The molecule has 0 spiro atoms. The maximum atomic E-state index is 11.6. The fourth-order valence-electron chi connectivity index (χ4n) is 4.16. The Balaban J connectivity index is 1.78. The van der Waals surface area contributed by atoms with Gasteiger partial charge >= 0.3 is 0 Å². The van der Waals surface area contributed by atoms with Crippen molar-refractivity contribution in [3.8, 4) is 5.75 Å². The Kier molecular flexibility index (Phi) is 10.7. The lowest BCUT2D eigenvalue weighted by Crippen LogP contribution is -2.02. The molecule has 0 amide bonds. The molecule has 0 aliphatic carbocycles. The first-order valence-corrected chi connectivity index (χ1v) is 13.0. The Labute approximate surface area is 182 Å². The molecule has 2 rings (SSSR count). The molecule has 0 unspecified atom stereocenters. The molecule has 0 saturated carbocycles. The van der Waals surface area contributed by atoms with Gasteiger partial charge in [0.15, 0.2) is 0 Å². The van der Waals surface area contributed by atoms with E-state index >= 15 is 0 Å². The maximum absolute atomic E-state index is 11.6.